The van der Waals surface area contributed by atoms with E-state index in [1.54, 1.807) is 24.1 Å². The molecule has 3 heterocycles. The van der Waals surface area contributed by atoms with Gasteiger partial charge in [0.2, 0.25) is 5.88 Å². The number of carbonyl (C=O) groups excluding carboxylic acids is 1. The summed E-state index contributed by atoms with van der Waals surface area (Å²) in [5.74, 6) is 6.24. The normalized spacial score (nSPS) is 23.6. The SMILES string of the molecule is C[C@@H]1CN([C@@H](C)CO)C(=O)c2cc(C#C[C@@H](C)O)cnc2O[C@@H]1CN(C)CC1CCOCC1. The van der Waals surface area contributed by atoms with Gasteiger partial charge in [-0.3, -0.25) is 4.79 Å². The summed E-state index contributed by atoms with van der Waals surface area (Å²) < 4.78 is 11.8. The van der Waals surface area contributed by atoms with E-state index in [4.69, 9.17) is 9.47 Å². The first-order valence-electron chi connectivity index (χ1n) is 11.8. The number of hydrogen-bond donors (Lipinski definition) is 2. The zero-order valence-electron chi connectivity index (χ0n) is 20.2. The second kappa shape index (κ2) is 11.8. The Morgan fingerprint density at radius 2 is 2.03 bits per heavy atom. The molecule has 8 nitrogen and oxygen atoms in total. The molecule has 0 saturated carbocycles. The van der Waals surface area contributed by atoms with Crippen molar-refractivity contribution < 1.29 is 24.5 Å². The number of amides is 1. The highest BCUT2D eigenvalue weighted by Gasteiger charge is 2.34. The monoisotopic (exact) mass is 459 g/mol. The summed E-state index contributed by atoms with van der Waals surface area (Å²) in [6, 6.07) is 1.33. The molecule has 4 atom stereocenters. The van der Waals surface area contributed by atoms with Gasteiger partial charge in [0.1, 0.15) is 17.8 Å². The standard InChI is InChI=1S/C25H37N3O5/c1-17-13-28(18(2)16-29)25(31)22-11-21(6-5-19(3)30)12-26-24(22)33-23(17)15-27(4)14-20-7-9-32-10-8-20/h11-12,17-20,23,29-30H,7-10,13-16H2,1-4H3/t17-,18+,19-,23-/m1/s1. The van der Waals surface area contributed by atoms with Crippen LogP contribution in [-0.2, 0) is 4.74 Å². The maximum atomic E-state index is 13.4. The molecule has 8 heteroatoms. The summed E-state index contributed by atoms with van der Waals surface area (Å²) in [6.07, 6.45) is 2.76. The van der Waals surface area contributed by atoms with E-state index in [2.05, 4.69) is 35.7 Å². The fraction of sp³-hybridized carbons (Fsp3) is 0.680. The van der Waals surface area contributed by atoms with E-state index < -0.39 is 6.10 Å². The summed E-state index contributed by atoms with van der Waals surface area (Å²) >= 11 is 0. The fourth-order valence-corrected chi connectivity index (χ4v) is 4.33. The van der Waals surface area contributed by atoms with E-state index in [1.165, 1.54) is 0 Å². The minimum absolute atomic E-state index is 0.0461. The molecule has 0 unspecified atom stereocenters. The third-order valence-electron chi connectivity index (χ3n) is 6.35. The van der Waals surface area contributed by atoms with Crippen molar-refractivity contribution in [2.75, 3.05) is 46.5 Å². The maximum Gasteiger partial charge on any atom is 0.259 e. The summed E-state index contributed by atoms with van der Waals surface area (Å²) in [5, 5.41) is 19.3. The van der Waals surface area contributed by atoms with Gasteiger partial charge in [0.25, 0.3) is 5.91 Å². The number of aromatic nitrogens is 1. The molecule has 1 fully saturated rings. The fourth-order valence-electron chi connectivity index (χ4n) is 4.33. The lowest BCUT2D eigenvalue weighted by Crippen LogP contribution is -2.50. The van der Waals surface area contributed by atoms with E-state index in [9.17, 15) is 15.0 Å². The van der Waals surface area contributed by atoms with Gasteiger partial charge in [-0.25, -0.2) is 4.98 Å². The van der Waals surface area contributed by atoms with Crippen LogP contribution in [0.4, 0.5) is 0 Å². The summed E-state index contributed by atoms with van der Waals surface area (Å²) in [5.41, 5.74) is 0.863. The third-order valence-corrected chi connectivity index (χ3v) is 6.35. The number of hydrogen-bond acceptors (Lipinski definition) is 7. The summed E-state index contributed by atoms with van der Waals surface area (Å²) in [6.45, 7) is 9.16. The van der Waals surface area contributed by atoms with Crippen LogP contribution in [0.2, 0.25) is 0 Å². The molecular weight excluding hydrogens is 422 g/mol. The zero-order chi connectivity index (χ0) is 24.0. The number of aliphatic hydroxyl groups is 2. The van der Waals surface area contributed by atoms with Crippen molar-refractivity contribution in [3.8, 4) is 17.7 Å². The lowest BCUT2D eigenvalue weighted by molar-refractivity contribution is 0.0254. The highest BCUT2D eigenvalue weighted by molar-refractivity contribution is 5.97. The first-order valence-corrected chi connectivity index (χ1v) is 11.8. The number of carbonyl (C=O) groups is 1. The second-order valence-electron chi connectivity index (χ2n) is 9.42. The van der Waals surface area contributed by atoms with Crippen LogP contribution in [0.5, 0.6) is 5.88 Å². The summed E-state index contributed by atoms with van der Waals surface area (Å²) in [4.78, 5) is 21.8. The number of pyridine rings is 1. The predicted molar refractivity (Wildman–Crippen MR) is 125 cm³/mol. The van der Waals surface area contributed by atoms with Crippen LogP contribution in [0.3, 0.4) is 0 Å². The van der Waals surface area contributed by atoms with Crippen LogP contribution in [0.25, 0.3) is 0 Å². The van der Waals surface area contributed by atoms with Crippen LogP contribution in [0.15, 0.2) is 12.3 Å². The van der Waals surface area contributed by atoms with E-state index in [1.807, 2.05) is 6.92 Å². The Hall–Kier alpha value is -2.18. The van der Waals surface area contributed by atoms with Crippen molar-refractivity contribution in [3.63, 3.8) is 0 Å². The molecule has 33 heavy (non-hydrogen) atoms. The number of ether oxygens (including phenoxy) is 2. The van der Waals surface area contributed by atoms with Crippen molar-refractivity contribution in [1.82, 2.24) is 14.8 Å². The van der Waals surface area contributed by atoms with Gasteiger partial charge in [0.15, 0.2) is 0 Å². The maximum absolute atomic E-state index is 13.4. The van der Waals surface area contributed by atoms with E-state index in [0.29, 0.717) is 30.1 Å². The Balaban J connectivity index is 1.86. The van der Waals surface area contributed by atoms with Crippen molar-refractivity contribution >= 4 is 5.91 Å². The van der Waals surface area contributed by atoms with Gasteiger partial charge in [-0.05, 0) is 45.7 Å². The Kier molecular flexibility index (Phi) is 9.10. The Morgan fingerprint density at radius 1 is 1.30 bits per heavy atom. The van der Waals surface area contributed by atoms with Crippen LogP contribution in [0.1, 0.15) is 49.5 Å². The minimum atomic E-state index is -0.777. The Morgan fingerprint density at radius 3 is 2.70 bits per heavy atom. The van der Waals surface area contributed by atoms with Crippen molar-refractivity contribution in [2.45, 2.75) is 51.9 Å². The van der Waals surface area contributed by atoms with Gasteiger partial charge in [-0.15, -0.1) is 0 Å². The number of likely N-dealkylation sites (N-methyl/N-ethyl adjacent to an activating group) is 1. The molecule has 1 aromatic rings. The molecule has 0 radical (unpaired) electrons. The third kappa shape index (κ3) is 6.90. The highest BCUT2D eigenvalue weighted by Crippen LogP contribution is 2.27. The number of fused-ring (bicyclic) bond motifs is 1. The van der Waals surface area contributed by atoms with Gasteiger partial charge in [-0.1, -0.05) is 18.8 Å². The van der Waals surface area contributed by atoms with Gasteiger partial charge in [0, 0.05) is 50.5 Å². The topological polar surface area (TPSA) is 95.4 Å². The van der Waals surface area contributed by atoms with Gasteiger partial charge >= 0.3 is 0 Å². The van der Waals surface area contributed by atoms with E-state index in [0.717, 1.165) is 32.6 Å². The predicted octanol–water partition coefficient (Wildman–Crippen LogP) is 1.39. The molecular formula is C25H37N3O5. The molecule has 182 valence electrons. The Bertz CT molecular complexity index is 859. The molecule has 1 aromatic heterocycles. The lowest BCUT2D eigenvalue weighted by atomic mass is 9.97. The van der Waals surface area contributed by atoms with E-state index >= 15 is 0 Å². The van der Waals surface area contributed by atoms with Gasteiger partial charge in [0.05, 0.1) is 12.6 Å². The molecule has 0 bridgehead atoms. The molecule has 1 amide bonds. The zero-order valence-corrected chi connectivity index (χ0v) is 20.2. The van der Waals surface area contributed by atoms with Gasteiger partial charge in [-0.2, -0.15) is 0 Å². The van der Waals surface area contributed by atoms with Crippen LogP contribution in [-0.4, -0.2) is 95.7 Å². The first kappa shape index (κ1) is 25.4. The van der Waals surface area contributed by atoms with Crippen molar-refractivity contribution in [3.05, 3.63) is 23.4 Å². The van der Waals surface area contributed by atoms with Crippen molar-refractivity contribution in [1.29, 1.82) is 0 Å². The first-order chi connectivity index (χ1) is 15.8. The van der Waals surface area contributed by atoms with E-state index in [-0.39, 0.29) is 36.5 Å². The molecule has 2 N–H and O–H groups in total. The minimum Gasteiger partial charge on any atom is -0.472 e. The largest absolute Gasteiger partial charge is 0.472 e. The average molecular weight is 460 g/mol. The molecule has 3 rings (SSSR count). The smallest absolute Gasteiger partial charge is 0.259 e. The quantitative estimate of drug-likeness (QED) is 0.621. The Labute approximate surface area is 196 Å². The summed E-state index contributed by atoms with van der Waals surface area (Å²) in [7, 11) is 2.10. The second-order valence-corrected chi connectivity index (χ2v) is 9.42. The molecule has 0 spiro atoms. The molecule has 2 aliphatic heterocycles. The average Bonchev–Trinajstić information content (AvgIpc) is 2.80. The van der Waals surface area contributed by atoms with Crippen LogP contribution >= 0.6 is 0 Å². The van der Waals surface area contributed by atoms with Crippen LogP contribution < -0.4 is 4.74 Å². The molecule has 1 saturated heterocycles. The van der Waals surface area contributed by atoms with Gasteiger partial charge < -0.3 is 29.5 Å². The molecule has 0 aromatic carbocycles. The molecule has 2 aliphatic rings. The van der Waals surface area contributed by atoms with Crippen LogP contribution in [0, 0.1) is 23.7 Å². The number of nitrogens with zero attached hydrogens (tertiary/aromatic N) is 3. The number of aliphatic hydroxyl groups excluding tert-OH is 2. The lowest BCUT2D eigenvalue weighted by Gasteiger charge is -2.38. The van der Waals surface area contributed by atoms with Crippen molar-refractivity contribution in [2.24, 2.45) is 11.8 Å². The highest BCUT2D eigenvalue weighted by atomic mass is 16.5. The number of rotatable bonds is 6. The molecule has 0 aliphatic carbocycles.